The van der Waals surface area contributed by atoms with Gasteiger partial charge in [-0.2, -0.15) is 8.78 Å². The summed E-state index contributed by atoms with van der Waals surface area (Å²) in [4.78, 5) is 12.5. The number of fused-ring (bicyclic) bond motifs is 1. The Labute approximate surface area is 143 Å². The van der Waals surface area contributed by atoms with Gasteiger partial charge in [0.2, 0.25) is 0 Å². The maximum absolute atomic E-state index is 12.5. The van der Waals surface area contributed by atoms with Gasteiger partial charge in [-0.25, -0.2) is 0 Å². The van der Waals surface area contributed by atoms with Gasteiger partial charge in [0.05, 0.1) is 0 Å². The molecular formula is C19H17F2NO3. The fraction of sp³-hybridized carbons (Fsp3) is 0.211. The van der Waals surface area contributed by atoms with Gasteiger partial charge in [-0.3, -0.25) is 4.79 Å². The molecule has 0 atom stereocenters. The van der Waals surface area contributed by atoms with Crippen molar-refractivity contribution in [2.24, 2.45) is 0 Å². The Morgan fingerprint density at radius 2 is 1.72 bits per heavy atom. The number of hydrogen-bond donors (Lipinski definition) is 1. The molecule has 1 heterocycles. The van der Waals surface area contributed by atoms with E-state index in [4.69, 9.17) is 4.42 Å². The number of aryl methyl sites for hydroxylation is 3. The molecule has 1 N–H and O–H groups in total. The standard InChI is InChI=1S/C19H17F2NO3/c1-10-8-15-12(3)17(25-16(15)9-11(10)2)18(23)22-13-4-6-14(7-5-13)24-19(20)21/h4-9,19H,1-3H3,(H,22,23). The van der Waals surface area contributed by atoms with Crippen LogP contribution in [0.15, 0.2) is 40.8 Å². The van der Waals surface area contributed by atoms with Gasteiger partial charge in [0.1, 0.15) is 11.3 Å². The molecule has 3 aromatic rings. The van der Waals surface area contributed by atoms with Crippen molar-refractivity contribution in [2.45, 2.75) is 27.4 Å². The number of carbonyl (C=O) groups is 1. The van der Waals surface area contributed by atoms with Crippen molar-refractivity contribution in [3.8, 4) is 5.75 Å². The summed E-state index contributed by atoms with van der Waals surface area (Å²) >= 11 is 0. The van der Waals surface area contributed by atoms with Gasteiger partial charge < -0.3 is 14.5 Å². The Balaban J connectivity index is 1.83. The molecule has 0 unspecified atom stereocenters. The summed E-state index contributed by atoms with van der Waals surface area (Å²) in [5.74, 6) is -0.140. The number of halogens is 2. The Kier molecular flexibility index (Phi) is 4.44. The van der Waals surface area contributed by atoms with E-state index in [9.17, 15) is 13.6 Å². The number of benzene rings is 2. The summed E-state index contributed by atoms with van der Waals surface area (Å²) in [6.45, 7) is 2.93. The first-order valence-electron chi connectivity index (χ1n) is 7.71. The maximum atomic E-state index is 12.5. The van der Waals surface area contributed by atoms with Crippen molar-refractivity contribution in [3.63, 3.8) is 0 Å². The Bertz CT molecular complexity index is 930. The summed E-state index contributed by atoms with van der Waals surface area (Å²) in [5, 5.41) is 3.59. The van der Waals surface area contributed by atoms with Crippen LogP contribution in [0.25, 0.3) is 11.0 Å². The molecule has 0 fully saturated rings. The van der Waals surface area contributed by atoms with E-state index in [-0.39, 0.29) is 11.5 Å². The highest BCUT2D eigenvalue weighted by atomic mass is 19.3. The Hall–Kier alpha value is -2.89. The van der Waals surface area contributed by atoms with Crippen LogP contribution in [0.4, 0.5) is 14.5 Å². The Morgan fingerprint density at radius 3 is 2.36 bits per heavy atom. The fourth-order valence-corrected chi connectivity index (χ4v) is 2.60. The summed E-state index contributed by atoms with van der Waals surface area (Å²) < 4.78 is 34.3. The molecule has 3 rings (SSSR count). The number of hydrogen-bond acceptors (Lipinski definition) is 3. The van der Waals surface area contributed by atoms with Crippen molar-refractivity contribution in [3.05, 3.63) is 58.8 Å². The normalized spacial score (nSPS) is 11.1. The van der Waals surface area contributed by atoms with Crippen molar-refractivity contribution in [1.82, 2.24) is 0 Å². The number of rotatable bonds is 4. The first-order valence-corrected chi connectivity index (χ1v) is 7.71. The minimum Gasteiger partial charge on any atom is -0.451 e. The van der Waals surface area contributed by atoms with Crippen LogP contribution in [0, 0.1) is 20.8 Å². The van der Waals surface area contributed by atoms with E-state index in [1.165, 1.54) is 24.3 Å². The van der Waals surface area contributed by atoms with E-state index in [2.05, 4.69) is 10.1 Å². The lowest BCUT2D eigenvalue weighted by Gasteiger charge is -2.07. The molecule has 25 heavy (non-hydrogen) atoms. The average molecular weight is 345 g/mol. The first-order chi connectivity index (χ1) is 11.8. The predicted octanol–water partition coefficient (Wildman–Crippen LogP) is 5.21. The van der Waals surface area contributed by atoms with Gasteiger partial charge in [-0.15, -0.1) is 0 Å². The lowest BCUT2D eigenvalue weighted by molar-refractivity contribution is -0.0498. The van der Waals surface area contributed by atoms with Gasteiger partial charge in [0.15, 0.2) is 5.76 Å². The molecule has 0 saturated carbocycles. The summed E-state index contributed by atoms with van der Waals surface area (Å²) in [6, 6.07) is 9.60. The van der Waals surface area contributed by atoms with Crippen molar-refractivity contribution in [2.75, 3.05) is 5.32 Å². The fourth-order valence-electron chi connectivity index (χ4n) is 2.60. The molecule has 0 aliphatic carbocycles. The van der Waals surface area contributed by atoms with E-state index < -0.39 is 12.5 Å². The summed E-state index contributed by atoms with van der Waals surface area (Å²) in [5.41, 5.74) is 4.08. The third kappa shape index (κ3) is 3.47. The highest BCUT2D eigenvalue weighted by Gasteiger charge is 2.18. The highest BCUT2D eigenvalue weighted by Crippen LogP contribution is 2.28. The van der Waals surface area contributed by atoms with Crippen molar-refractivity contribution in [1.29, 1.82) is 0 Å². The number of ether oxygens (including phenoxy) is 1. The largest absolute Gasteiger partial charge is 0.451 e. The number of alkyl halides is 2. The molecule has 4 nitrogen and oxygen atoms in total. The monoisotopic (exact) mass is 345 g/mol. The third-order valence-corrected chi connectivity index (χ3v) is 4.10. The molecule has 0 aliphatic rings. The molecule has 0 spiro atoms. The van der Waals surface area contributed by atoms with E-state index in [1.807, 2.05) is 32.9 Å². The molecule has 0 saturated heterocycles. The molecular weight excluding hydrogens is 328 g/mol. The number of carbonyl (C=O) groups excluding carboxylic acids is 1. The van der Waals surface area contributed by atoms with Gasteiger partial charge >= 0.3 is 6.61 Å². The molecule has 0 radical (unpaired) electrons. The molecule has 130 valence electrons. The van der Waals surface area contributed by atoms with E-state index in [0.29, 0.717) is 11.3 Å². The van der Waals surface area contributed by atoms with E-state index in [1.54, 1.807) is 0 Å². The molecule has 0 aliphatic heterocycles. The summed E-state index contributed by atoms with van der Waals surface area (Å²) in [6.07, 6.45) is 0. The number of anilines is 1. The number of furan rings is 1. The highest BCUT2D eigenvalue weighted by molar-refractivity contribution is 6.06. The predicted molar refractivity (Wildman–Crippen MR) is 91.5 cm³/mol. The van der Waals surface area contributed by atoms with Crippen LogP contribution in [0.5, 0.6) is 5.75 Å². The van der Waals surface area contributed by atoms with Crippen LogP contribution in [-0.2, 0) is 0 Å². The second kappa shape index (κ2) is 6.55. The number of amides is 1. The summed E-state index contributed by atoms with van der Waals surface area (Å²) in [7, 11) is 0. The second-order valence-corrected chi connectivity index (χ2v) is 5.85. The van der Waals surface area contributed by atoms with Crippen LogP contribution in [-0.4, -0.2) is 12.5 Å². The lowest BCUT2D eigenvalue weighted by Crippen LogP contribution is -2.12. The third-order valence-electron chi connectivity index (χ3n) is 4.10. The lowest BCUT2D eigenvalue weighted by atomic mass is 10.1. The molecule has 1 aromatic heterocycles. The number of nitrogens with one attached hydrogen (secondary N) is 1. The minimum absolute atomic E-state index is 0.0267. The van der Waals surface area contributed by atoms with Crippen LogP contribution >= 0.6 is 0 Å². The zero-order valence-electron chi connectivity index (χ0n) is 14.0. The van der Waals surface area contributed by atoms with Gasteiger partial charge in [0.25, 0.3) is 5.91 Å². The van der Waals surface area contributed by atoms with E-state index in [0.717, 1.165) is 22.1 Å². The topological polar surface area (TPSA) is 51.5 Å². The van der Waals surface area contributed by atoms with Gasteiger partial charge in [0, 0.05) is 16.6 Å². The van der Waals surface area contributed by atoms with Crippen molar-refractivity contribution >= 4 is 22.6 Å². The van der Waals surface area contributed by atoms with Crippen LogP contribution in [0.1, 0.15) is 27.2 Å². The van der Waals surface area contributed by atoms with Gasteiger partial charge in [-0.1, -0.05) is 0 Å². The van der Waals surface area contributed by atoms with Crippen LogP contribution in [0.2, 0.25) is 0 Å². The zero-order chi connectivity index (χ0) is 18.1. The van der Waals surface area contributed by atoms with Crippen LogP contribution in [0.3, 0.4) is 0 Å². The second-order valence-electron chi connectivity index (χ2n) is 5.85. The maximum Gasteiger partial charge on any atom is 0.387 e. The zero-order valence-corrected chi connectivity index (χ0v) is 14.0. The van der Waals surface area contributed by atoms with Gasteiger partial charge in [-0.05, 0) is 68.3 Å². The smallest absolute Gasteiger partial charge is 0.387 e. The quantitative estimate of drug-likeness (QED) is 0.706. The van der Waals surface area contributed by atoms with Crippen molar-refractivity contribution < 1.29 is 22.7 Å². The molecule has 2 aromatic carbocycles. The molecule has 6 heteroatoms. The minimum atomic E-state index is -2.88. The SMILES string of the molecule is Cc1cc2oc(C(=O)Nc3ccc(OC(F)F)cc3)c(C)c2cc1C. The Morgan fingerprint density at radius 1 is 1.08 bits per heavy atom. The molecule has 1 amide bonds. The first kappa shape index (κ1) is 17.0. The van der Waals surface area contributed by atoms with E-state index >= 15 is 0 Å². The average Bonchev–Trinajstić information content (AvgIpc) is 2.86. The van der Waals surface area contributed by atoms with Crippen LogP contribution < -0.4 is 10.1 Å². The molecule has 0 bridgehead atoms.